The quantitative estimate of drug-likeness (QED) is 0.877. The van der Waals surface area contributed by atoms with Crippen LogP contribution in [-0.2, 0) is 4.79 Å². The molecule has 0 bridgehead atoms. The van der Waals surface area contributed by atoms with Crippen molar-refractivity contribution in [1.82, 2.24) is 9.80 Å². The Labute approximate surface area is 154 Å². The Bertz CT molecular complexity index is 650. The number of anilines is 1. The van der Waals surface area contributed by atoms with Crippen LogP contribution in [0.4, 0.5) is 10.5 Å². The number of hydrogen-bond donors (Lipinski definition) is 1. The van der Waals surface area contributed by atoms with Gasteiger partial charge >= 0.3 is 6.03 Å². The molecular weight excluding hydrogens is 338 g/mol. The number of likely N-dealkylation sites (tertiary alicyclic amines) is 2. The summed E-state index contributed by atoms with van der Waals surface area (Å²) >= 11 is 5.99. The van der Waals surface area contributed by atoms with Gasteiger partial charge in [-0.15, -0.1) is 0 Å². The third-order valence-corrected chi connectivity index (χ3v) is 5.46. The first-order valence-electron chi connectivity index (χ1n) is 9.16. The van der Waals surface area contributed by atoms with Gasteiger partial charge in [0.1, 0.15) is 0 Å². The number of carbonyl (C=O) groups excluding carboxylic acids is 2. The summed E-state index contributed by atoms with van der Waals surface area (Å²) in [5.74, 6) is 0.253. The first kappa shape index (κ1) is 18.1. The lowest BCUT2D eigenvalue weighted by Gasteiger charge is -2.36. The Morgan fingerprint density at radius 3 is 2.84 bits per heavy atom. The second-order valence-electron chi connectivity index (χ2n) is 7.01. The van der Waals surface area contributed by atoms with Crippen molar-refractivity contribution < 1.29 is 9.59 Å². The number of piperidine rings is 1. The first-order valence-corrected chi connectivity index (χ1v) is 9.54. The lowest BCUT2D eigenvalue weighted by Crippen LogP contribution is -2.47. The fraction of sp³-hybridized carbons (Fsp3) is 0.579. The molecule has 1 atom stereocenters. The van der Waals surface area contributed by atoms with Crippen LogP contribution < -0.4 is 5.32 Å². The monoisotopic (exact) mass is 363 g/mol. The number of rotatable bonds is 4. The van der Waals surface area contributed by atoms with Gasteiger partial charge in [-0.1, -0.05) is 11.6 Å². The largest absolute Gasteiger partial charge is 0.343 e. The maximum absolute atomic E-state index is 12.8. The van der Waals surface area contributed by atoms with Crippen LogP contribution in [0.3, 0.4) is 0 Å². The molecule has 6 heteroatoms. The molecule has 0 aliphatic carbocycles. The molecule has 0 spiro atoms. The van der Waals surface area contributed by atoms with E-state index in [-0.39, 0.29) is 18.0 Å². The predicted molar refractivity (Wildman–Crippen MR) is 100.0 cm³/mol. The van der Waals surface area contributed by atoms with Crippen LogP contribution in [0, 0.1) is 6.92 Å². The number of amides is 3. The fourth-order valence-electron chi connectivity index (χ4n) is 3.77. The van der Waals surface area contributed by atoms with E-state index in [9.17, 15) is 9.59 Å². The van der Waals surface area contributed by atoms with Crippen LogP contribution in [0.1, 0.15) is 44.1 Å². The molecule has 2 saturated heterocycles. The number of halogens is 1. The van der Waals surface area contributed by atoms with E-state index in [0.29, 0.717) is 11.4 Å². The zero-order valence-electron chi connectivity index (χ0n) is 14.8. The highest BCUT2D eigenvalue weighted by atomic mass is 35.5. The lowest BCUT2D eigenvalue weighted by atomic mass is 9.99. The summed E-state index contributed by atoms with van der Waals surface area (Å²) in [7, 11) is 0. The van der Waals surface area contributed by atoms with Crippen LogP contribution in [-0.4, -0.2) is 47.4 Å². The van der Waals surface area contributed by atoms with Crippen LogP contribution in [0.5, 0.6) is 0 Å². The predicted octanol–water partition coefficient (Wildman–Crippen LogP) is 4.05. The summed E-state index contributed by atoms with van der Waals surface area (Å²) in [6, 6.07) is 5.63. The summed E-state index contributed by atoms with van der Waals surface area (Å²) in [6.07, 6.45) is 5.68. The van der Waals surface area contributed by atoms with E-state index in [1.165, 1.54) is 0 Å². The first-order chi connectivity index (χ1) is 12.0. The van der Waals surface area contributed by atoms with Gasteiger partial charge in [-0.25, -0.2) is 4.79 Å². The fourth-order valence-corrected chi connectivity index (χ4v) is 3.99. The molecule has 5 nitrogen and oxygen atoms in total. The van der Waals surface area contributed by atoms with Gasteiger partial charge < -0.3 is 15.1 Å². The molecule has 0 unspecified atom stereocenters. The van der Waals surface area contributed by atoms with Gasteiger partial charge in [0, 0.05) is 42.8 Å². The highest BCUT2D eigenvalue weighted by molar-refractivity contribution is 6.30. The molecule has 25 heavy (non-hydrogen) atoms. The van der Waals surface area contributed by atoms with Crippen molar-refractivity contribution in [3.8, 4) is 0 Å². The van der Waals surface area contributed by atoms with Crippen molar-refractivity contribution in [3.05, 3.63) is 28.8 Å². The minimum Gasteiger partial charge on any atom is -0.343 e. The molecule has 1 N–H and O–H groups in total. The van der Waals surface area contributed by atoms with Crippen LogP contribution in [0.25, 0.3) is 0 Å². The normalized spacial score (nSPS) is 20.9. The standard InChI is InChI=1S/C19H26ClN3O2/c1-14-13-15(20)7-8-17(14)21-19(25)23-11-3-2-5-16(23)9-12-22-10-4-6-18(22)24/h7-8,13,16H,2-6,9-12H2,1H3,(H,21,25)/t16-/m0/s1. The van der Waals surface area contributed by atoms with Crippen LogP contribution in [0.2, 0.25) is 5.02 Å². The number of aryl methyl sites for hydroxylation is 1. The van der Waals surface area contributed by atoms with Crippen molar-refractivity contribution in [2.24, 2.45) is 0 Å². The zero-order valence-corrected chi connectivity index (χ0v) is 15.5. The van der Waals surface area contributed by atoms with E-state index >= 15 is 0 Å². The molecule has 1 aromatic rings. The third-order valence-electron chi connectivity index (χ3n) is 5.22. The summed E-state index contributed by atoms with van der Waals surface area (Å²) in [4.78, 5) is 28.4. The van der Waals surface area contributed by atoms with Gasteiger partial charge in [-0.3, -0.25) is 4.79 Å². The second kappa shape index (κ2) is 8.09. The molecule has 3 rings (SSSR count). The topological polar surface area (TPSA) is 52.7 Å². The minimum absolute atomic E-state index is 0.0529. The van der Waals surface area contributed by atoms with Gasteiger partial charge in [0.05, 0.1) is 0 Å². The maximum Gasteiger partial charge on any atom is 0.322 e. The molecule has 2 aliphatic rings. The van der Waals surface area contributed by atoms with Gasteiger partial charge in [0.2, 0.25) is 5.91 Å². The van der Waals surface area contributed by atoms with E-state index in [1.54, 1.807) is 6.07 Å². The number of nitrogens with zero attached hydrogens (tertiary/aromatic N) is 2. The molecule has 0 aromatic heterocycles. The molecule has 0 saturated carbocycles. The van der Waals surface area contributed by atoms with Crippen molar-refractivity contribution in [2.75, 3.05) is 25.0 Å². The Kier molecular flexibility index (Phi) is 5.84. The number of nitrogens with one attached hydrogen (secondary N) is 1. The minimum atomic E-state index is -0.0529. The van der Waals surface area contributed by atoms with Crippen molar-refractivity contribution in [3.63, 3.8) is 0 Å². The van der Waals surface area contributed by atoms with Gasteiger partial charge in [0.25, 0.3) is 0 Å². The third kappa shape index (κ3) is 4.46. The average Bonchev–Trinajstić information content (AvgIpc) is 3.01. The molecule has 2 aliphatic heterocycles. The number of benzene rings is 1. The Morgan fingerprint density at radius 1 is 1.28 bits per heavy atom. The van der Waals surface area contributed by atoms with E-state index < -0.39 is 0 Å². The molecule has 1 aromatic carbocycles. The molecule has 3 amide bonds. The Balaban J connectivity index is 1.61. The van der Waals surface area contributed by atoms with Gasteiger partial charge in [0.15, 0.2) is 0 Å². The SMILES string of the molecule is Cc1cc(Cl)ccc1NC(=O)N1CCCC[C@H]1CCN1CCCC1=O. The van der Waals surface area contributed by atoms with E-state index in [2.05, 4.69) is 5.32 Å². The van der Waals surface area contributed by atoms with E-state index in [4.69, 9.17) is 11.6 Å². The van der Waals surface area contributed by atoms with E-state index in [0.717, 1.165) is 63.0 Å². The molecule has 2 fully saturated rings. The number of carbonyl (C=O) groups is 2. The van der Waals surface area contributed by atoms with Crippen molar-refractivity contribution in [2.45, 2.75) is 51.5 Å². The maximum atomic E-state index is 12.8. The summed E-state index contributed by atoms with van der Waals surface area (Å²) in [5.41, 5.74) is 1.76. The zero-order chi connectivity index (χ0) is 17.8. The highest BCUT2D eigenvalue weighted by Crippen LogP contribution is 2.24. The lowest BCUT2D eigenvalue weighted by molar-refractivity contribution is -0.127. The smallest absolute Gasteiger partial charge is 0.322 e. The summed E-state index contributed by atoms with van der Waals surface area (Å²) < 4.78 is 0. The highest BCUT2D eigenvalue weighted by Gasteiger charge is 2.28. The van der Waals surface area contributed by atoms with Crippen molar-refractivity contribution in [1.29, 1.82) is 0 Å². The summed E-state index contributed by atoms with van der Waals surface area (Å²) in [5, 5.41) is 3.69. The van der Waals surface area contributed by atoms with Gasteiger partial charge in [-0.05, 0) is 62.8 Å². The van der Waals surface area contributed by atoms with Crippen molar-refractivity contribution >= 4 is 29.2 Å². The second-order valence-corrected chi connectivity index (χ2v) is 7.44. The Morgan fingerprint density at radius 2 is 2.12 bits per heavy atom. The van der Waals surface area contributed by atoms with Crippen LogP contribution in [0.15, 0.2) is 18.2 Å². The molecule has 2 heterocycles. The Hall–Kier alpha value is -1.75. The molecule has 0 radical (unpaired) electrons. The number of hydrogen-bond acceptors (Lipinski definition) is 2. The van der Waals surface area contributed by atoms with Crippen LogP contribution >= 0.6 is 11.6 Å². The van der Waals surface area contributed by atoms with E-state index in [1.807, 2.05) is 28.9 Å². The summed E-state index contributed by atoms with van der Waals surface area (Å²) in [6.45, 7) is 4.33. The van der Waals surface area contributed by atoms with Gasteiger partial charge in [-0.2, -0.15) is 0 Å². The molecule has 136 valence electrons. The number of urea groups is 1. The average molecular weight is 364 g/mol. The molecular formula is C19H26ClN3O2.